The third-order valence-electron chi connectivity index (χ3n) is 2.66. The van der Waals surface area contributed by atoms with Crippen LogP contribution in [0.25, 0.3) is 0 Å². The van der Waals surface area contributed by atoms with Crippen LogP contribution in [-0.4, -0.2) is 53.9 Å². The van der Waals surface area contributed by atoms with Crippen LogP contribution in [0, 0.1) is 5.92 Å². The molecule has 6 nitrogen and oxygen atoms in total. The fourth-order valence-corrected chi connectivity index (χ4v) is 3.01. The molecule has 0 bridgehead atoms. The predicted molar refractivity (Wildman–Crippen MR) is 52.8 cm³/mol. The molecule has 1 heterocycles. The number of carboxylic acids is 1. The Morgan fingerprint density at radius 3 is 2.60 bits per heavy atom. The molecule has 0 aromatic heterocycles. The second-order valence-corrected chi connectivity index (χ2v) is 5.97. The lowest BCUT2D eigenvalue weighted by atomic mass is 10.1. The van der Waals surface area contributed by atoms with Gasteiger partial charge >= 0.3 is 5.97 Å². The summed E-state index contributed by atoms with van der Waals surface area (Å²) in [5.74, 6) is -1.41. The zero-order chi connectivity index (χ0) is 11.6. The smallest absolute Gasteiger partial charge is 0.323 e. The van der Waals surface area contributed by atoms with Gasteiger partial charge in [0.15, 0.2) is 5.25 Å². The van der Waals surface area contributed by atoms with E-state index in [2.05, 4.69) is 0 Å². The largest absolute Gasteiger partial charge is 0.480 e. The average Bonchev–Trinajstić information content (AvgIpc) is 2.65. The molecule has 0 aromatic carbocycles. The SMILES string of the molecule is CC(C(=O)O)S(=O)(=O)N1CCC(CO)C1. The predicted octanol–water partition coefficient (Wildman–Crippen LogP) is -0.896. The van der Waals surface area contributed by atoms with E-state index in [0.717, 1.165) is 11.2 Å². The summed E-state index contributed by atoms with van der Waals surface area (Å²) >= 11 is 0. The van der Waals surface area contributed by atoms with Crippen LogP contribution in [-0.2, 0) is 14.8 Å². The Labute approximate surface area is 88.6 Å². The first kappa shape index (κ1) is 12.4. The van der Waals surface area contributed by atoms with Gasteiger partial charge in [-0.3, -0.25) is 4.79 Å². The highest BCUT2D eigenvalue weighted by Gasteiger charge is 2.37. The van der Waals surface area contributed by atoms with Crippen LogP contribution in [0.3, 0.4) is 0 Å². The molecule has 0 saturated carbocycles. The van der Waals surface area contributed by atoms with Gasteiger partial charge in [-0.2, -0.15) is 0 Å². The third kappa shape index (κ3) is 2.47. The molecule has 1 saturated heterocycles. The number of carboxylic acid groups (broad SMARTS) is 1. The molecule has 0 spiro atoms. The highest BCUT2D eigenvalue weighted by Crippen LogP contribution is 2.21. The molecule has 1 aliphatic rings. The van der Waals surface area contributed by atoms with E-state index in [-0.39, 0.29) is 19.1 Å². The molecular formula is C8H15NO5S. The van der Waals surface area contributed by atoms with Crippen LogP contribution in [0.15, 0.2) is 0 Å². The number of aliphatic carboxylic acids is 1. The fourth-order valence-electron chi connectivity index (χ4n) is 1.53. The summed E-state index contributed by atoms with van der Waals surface area (Å²) in [6.07, 6.45) is 0.585. The van der Waals surface area contributed by atoms with Gasteiger partial charge in [0.05, 0.1) is 0 Å². The maximum absolute atomic E-state index is 11.7. The Hall–Kier alpha value is -0.660. The van der Waals surface area contributed by atoms with Gasteiger partial charge < -0.3 is 10.2 Å². The molecule has 2 atom stereocenters. The van der Waals surface area contributed by atoms with Gasteiger partial charge in [-0.1, -0.05) is 0 Å². The number of aliphatic hydroxyl groups is 1. The van der Waals surface area contributed by atoms with Crippen molar-refractivity contribution in [3.8, 4) is 0 Å². The minimum atomic E-state index is -3.76. The van der Waals surface area contributed by atoms with E-state index in [0.29, 0.717) is 13.0 Å². The molecule has 0 radical (unpaired) electrons. The van der Waals surface area contributed by atoms with Crippen molar-refractivity contribution in [1.82, 2.24) is 4.31 Å². The van der Waals surface area contributed by atoms with Crippen LogP contribution in [0.5, 0.6) is 0 Å². The molecule has 7 heteroatoms. The topological polar surface area (TPSA) is 94.9 Å². The number of sulfonamides is 1. The molecule has 88 valence electrons. The van der Waals surface area contributed by atoms with E-state index in [1.54, 1.807) is 0 Å². The molecule has 0 amide bonds. The Morgan fingerprint density at radius 2 is 2.20 bits per heavy atom. The Balaban J connectivity index is 2.76. The van der Waals surface area contributed by atoms with Gasteiger partial charge in [0, 0.05) is 19.7 Å². The Bertz CT molecular complexity index is 339. The van der Waals surface area contributed by atoms with E-state index < -0.39 is 21.2 Å². The molecule has 15 heavy (non-hydrogen) atoms. The number of nitrogens with zero attached hydrogens (tertiary/aromatic N) is 1. The first-order valence-corrected chi connectivity index (χ1v) is 6.22. The van der Waals surface area contributed by atoms with Crippen molar-refractivity contribution >= 4 is 16.0 Å². The Morgan fingerprint density at radius 1 is 1.60 bits per heavy atom. The minimum absolute atomic E-state index is 0.0620. The van der Waals surface area contributed by atoms with Crippen molar-refractivity contribution < 1.29 is 23.4 Å². The number of carbonyl (C=O) groups is 1. The third-order valence-corrected chi connectivity index (χ3v) is 4.81. The van der Waals surface area contributed by atoms with Crippen molar-refractivity contribution in [2.45, 2.75) is 18.6 Å². The summed E-state index contributed by atoms with van der Waals surface area (Å²) in [7, 11) is -3.76. The van der Waals surface area contributed by atoms with Gasteiger partial charge in [0.2, 0.25) is 10.0 Å². The van der Waals surface area contributed by atoms with Crippen molar-refractivity contribution in [3.05, 3.63) is 0 Å². The average molecular weight is 237 g/mol. The lowest BCUT2D eigenvalue weighted by Gasteiger charge is -2.18. The summed E-state index contributed by atoms with van der Waals surface area (Å²) in [6, 6.07) is 0. The number of rotatable bonds is 4. The second-order valence-electron chi connectivity index (χ2n) is 3.72. The van der Waals surface area contributed by atoms with E-state index in [1.807, 2.05) is 0 Å². The van der Waals surface area contributed by atoms with E-state index in [1.165, 1.54) is 0 Å². The van der Waals surface area contributed by atoms with Gasteiger partial charge in [0.1, 0.15) is 0 Å². The van der Waals surface area contributed by atoms with Crippen molar-refractivity contribution in [3.63, 3.8) is 0 Å². The van der Waals surface area contributed by atoms with Gasteiger partial charge in [-0.05, 0) is 19.3 Å². The van der Waals surface area contributed by atoms with Crippen molar-refractivity contribution in [2.24, 2.45) is 5.92 Å². The van der Waals surface area contributed by atoms with Crippen molar-refractivity contribution in [1.29, 1.82) is 0 Å². The molecule has 0 aromatic rings. The van der Waals surface area contributed by atoms with Crippen LogP contribution in [0.2, 0.25) is 0 Å². The van der Waals surface area contributed by atoms with E-state index >= 15 is 0 Å². The first-order valence-electron chi connectivity index (χ1n) is 4.72. The number of hydrogen-bond donors (Lipinski definition) is 2. The summed E-state index contributed by atoms with van der Waals surface area (Å²) < 4.78 is 24.5. The summed E-state index contributed by atoms with van der Waals surface area (Å²) in [5.41, 5.74) is 0. The molecule has 2 N–H and O–H groups in total. The van der Waals surface area contributed by atoms with Gasteiger partial charge in [-0.25, -0.2) is 12.7 Å². The van der Waals surface area contributed by atoms with Crippen LogP contribution < -0.4 is 0 Å². The monoisotopic (exact) mass is 237 g/mol. The summed E-state index contributed by atoms with van der Waals surface area (Å²) in [6.45, 7) is 1.61. The summed E-state index contributed by atoms with van der Waals surface area (Å²) in [5, 5.41) is 16.1. The summed E-state index contributed by atoms with van der Waals surface area (Å²) in [4.78, 5) is 10.6. The second kappa shape index (κ2) is 4.46. The highest BCUT2D eigenvalue weighted by atomic mass is 32.2. The molecule has 2 unspecified atom stereocenters. The molecule has 1 aliphatic heterocycles. The minimum Gasteiger partial charge on any atom is -0.480 e. The van der Waals surface area contributed by atoms with E-state index in [4.69, 9.17) is 10.2 Å². The number of aliphatic hydroxyl groups excluding tert-OH is 1. The maximum atomic E-state index is 11.7. The fraction of sp³-hybridized carbons (Fsp3) is 0.875. The quantitative estimate of drug-likeness (QED) is 0.661. The van der Waals surface area contributed by atoms with Gasteiger partial charge in [0.25, 0.3) is 0 Å². The van der Waals surface area contributed by atoms with Crippen LogP contribution in [0.1, 0.15) is 13.3 Å². The van der Waals surface area contributed by atoms with Gasteiger partial charge in [-0.15, -0.1) is 0 Å². The first-order chi connectivity index (χ1) is 6.89. The lowest BCUT2D eigenvalue weighted by Crippen LogP contribution is -2.40. The molecule has 1 fully saturated rings. The zero-order valence-corrected chi connectivity index (χ0v) is 9.27. The van der Waals surface area contributed by atoms with Crippen molar-refractivity contribution in [2.75, 3.05) is 19.7 Å². The maximum Gasteiger partial charge on any atom is 0.323 e. The number of hydrogen-bond acceptors (Lipinski definition) is 4. The standard InChI is InChI=1S/C8H15NO5S/c1-6(8(11)12)15(13,14)9-3-2-7(4-9)5-10/h6-7,10H,2-5H2,1H3,(H,11,12). The lowest BCUT2D eigenvalue weighted by molar-refractivity contribution is -0.136. The Kier molecular flexibility index (Phi) is 3.69. The normalized spacial score (nSPS) is 25.3. The van der Waals surface area contributed by atoms with E-state index in [9.17, 15) is 13.2 Å². The molecular weight excluding hydrogens is 222 g/mol. The highest BCUT2D eigenvalue weighted by molar-refractivity contribution is 7.90. The zero-order valence-electron chi connectivity index (χ0n) is 8.46. The van der Waals surface area contributed by atoms with Crippen LogP contribution in [0.4, 0.5) is 0 Å². The molecule has 1 rings (SSSR count). The van der Waals surface area contributed by atoms with Crippen LogP contribution >= 0.6 is 0 Å². The molecule has 0 aliphatic carbocycles.